The van der Waals surface area contributed by atoms with E-state index in [-0.39, 0.29) is 11.7 Å². The van der Waals surface area contributed by atoms with Gasteiger partial charge in [0.15, 0.2) is 0 Å². The third-order valence-electron chi connectivity index (χ3n) is 2.99. The first-order valence-corrected chi connectivity index (χ1v) is 7.06. The lowest BCUT2D eigenvalue weighted by Crippen LogP contribution is -2.12. The van der Waals surface area contributed by atoms with Gasteiger partial charge in [0, 0.05) is 16.3 Å². The van der Waals surface area contributed by atoms with Crippen LogP contribution in [0.2, 0.25) is 0 Å². The van der Waals surface area contributed by atoms with Crippen molar-refractivity contribution in [3.8, 4) is 0 Å². The van der Waals surface area contributed by atoms with Crippen LogP contribution in [0.15, 0.2) is 35.7 Å². The number of nitrogens with one attached hydrogen (secondary N) is 1. The Morgan fingerprint density at radius 3 is 2.60 bits per heavy atom. The molecule has 2 rings (SSSR count). The summed E-state index contributed by atoms with van der Waals surface area (Å²) in [6.45, 7) is 1.99. The zero-order valence-electron chi connectivity index (χ0n) is 10.9. The second-order valence-electron chi connectivity index (χ2n) is 4.42. The summed E-state index contributed by atoms with van der Waals surface area (Å²) in [6, 6.07) is 7.81. The van der Waals surface area contributed by atoms with Crippen LogP contribution in [0.5, 0.6) is 0 Å². The molecule has 6 heteroatoms. The molecule has 2 aromatic rings. The highest BCUT2D eigenvalue weighted by Gasteiger charge is 2.33. The molecule has 20 heavy (non-hydrogen) atoms. The van der Waals surface area contributed by atoms with E-state index in [9.17, 15) is 13.2 Å². The lowest BCUT2D eigenvalue weighted by molar-refractivity contribution is -0.136. The first-order valence-electron chi connectivity index (χ1n) is 6.18. The molecule has 1 unspecified atom stereocenters. The summed E-state index contributed by atoms with van der Waals surface area (Å²) in [7, 11) is 0. The summed E-state index contributed by atoms with van der Waals surface area (Å²) in [4.78, 5) is 1.10. The zero-order chi connectivity index (χ0) is 14.8. The Morgan fingerprint density at radius 2 is 2.05 bits per heavy atom. The van der Waals surface area contributed by atoms with E-state index >= 15 is 0 Å². The number of benzene rings is 1. The molecule has 1 heterocycles. The van der Waals surface area contributed by atoms with Crippen molar-refractivity contribution in [3.05, 3.63) is 46.2 Å². The lowest BCUT2D eigenvalue weighted by atomic mass is 10.1. The van der Waals surface area contributed by atoms with Crippen molar-refractivity contribution in [2.45, 2.75) is 25.6 Å². The molecule has 0 fully saturated rings. The molecule has 0 aliphatic carbocycles. The number of hydrogen-bond donors (Lipinski definition) is 2. The highest BCUT2D eigenvalue weighted by Crippen LogP contribution is 2.36. The molecule has 3 N–H and O–H groups in total. The predicted octanol–water partition coefficient (Wildman–Crippen LogP) is 4.91. The summed E-state index contributed by atoms with van der Waals surface area (Å²) >= 11 is 1.58. The molecule has 1 atom stereocenters. The van der Waals surface area contributed by atoms with E-state index < -0.39 is 11.7 Å². The molecule has 108 valence electrons. The molecule has 0 saturated carbocycles. The second-order valence-corrected chi connectivity index (χ2v) is 5.40. The molecule has 0 bridgehead atoms. The molecule has 0 amide bonds. The Morgan fingerprint density at radius 1 is 1.30 bits per heavy atom. The predicted molar refractivity (Wildman–Crippen MR) is 76.8 cm³/mol. The fraction of sp³-hybridized carbons (Fsp3) is 0.286. The standard InChI is InChI=1S/C14H15F3N2S/c1-2-12(13-4-3-7-20-13)19-9-5-6-11(18)10(8-9)14(15,16)17/h3-8,12,19H,2,18H2,1H3. The normalized spacial score (nSPS) is 13.2. The van der Waals surface area contributed by atoms with Crippen molar-refractivity contribution in [2.24, 2.45) is 0 Å². The Bertz CT molecular complexity index is 564. The van der Waals surface area contributed by atoms with Crippen LogP contribution in [0.25, 0.3) is 0 Å². The summed E-state index contributed by atoms with van der Waals surface area (Å²) in [5, 5.41) is 5.07. The molecule has 0 aliphatic rings. The molecular formula is C14H15F3N2S. The maximum atomic E-state index is 12.8. The average molecular weight is 300 g/mol. The van der Waals surface area contributed by atoms with Gasteiger partial charge < -0.3 is 11.1 Å². The molecule has 1 aromatic heterocycles. The van der Waals surface area contributed by atoms with E-state index in [1.165, 1.54) is 6.07 Å². The van der Waals surface area contributed by atoms with Crippen molar-refractivity contribution in [1.82, 2.24) is 0 Å². The third-order valence-corrected chi connectivity index (χ3v) is 3.98. The number of alkyl halides is 3. The van der Waals surface area contributed by atoms with E-state index in [4.69, 9.17) is 5.73 Å². The van der Waals surface area contributed by atoms with Crippen molar-refractivity contribution in [3.63, 3.8) is 0 Å². The zero-order valence-corrected chi connectivity index (χ0v) is 11.7. The Labute approximate surface area is 119 Å². The molecule has 2 nitrogen and oxygen atoms in total. The monoisotopic (exact) mass is 300 g/mol. The van der Waals surface area contributed by atoms with Crippen LogP contribution in [-0.4, -0.2) is 0 Å². The minimum atomic E-state index is -4.44. The quantitative estimate of drug-likeness (QED) is 0.787. The van der Waals surface area contributed by atoms with Gasteiger partial charge in [0.25, 0.3) is 0 Å². The summed E-state index contributed by atoms with van der Waals surface area (Å²) < 4.78 is 38.4. The SMILES string of the molecule is CCC(Nc1ccc(N)c(C(F)(F)F)c1)c1cccs1. The van der Waals surface area contributed by atoms with Crippen LogP contribution in [0.4, 0.5) is 24.5 Å². The summed E-state index contributed by atoms with van der Waals surface area (Å²) in [6.07, 6.45) is -3.65. The number of thiophene rings is 1. The molecule has 0 spiro atoms. The van der Waals surface area contributed by atoms with Gasteiger partial charge in [-0.1, -0.05) is 13.0 Å². The van der Waals surface area contributed by atoms with Gasteiger partial charge in [-0.25, -0.2) is 0 Å². The minimum absolute atomic E-state index is 0.000270. The number of rotatable bonds is 4. The van der Waals surface area contributed by atoms with Crippen LogP contribution in [0.3, 0.4) is 0 Å². The Hall–Kier alpha value is -1.69. The van der Waals surface area contributed by atoms with Crippen molar-refractivity contribution < 1.29 is 13.2 Å². The number of halogens is 3. The fourth-order valence-electron chi connectivity index (χ4n) is 1.96. The van der Waals surface area contributed by atoms with Crippen LogP contribution < -0.4 is 11.1 Å². The van der Waals surface area contributed by atoms with Gasteiger partial charge in [-0.15, -0.1) is 11.3 Å². The number of nitrogen functional groups attached to an aromatic ring is 1. The highest BCUT2D eigenvalue weighted by atomic mass is 32.1. The first-order chi connectivity index (χ1) is 9.41. The van der Waals surface area contributed by atoms with E-state index in [0.29, 0.717) is 5.69 Å². The van der Waals surface area contributed by atoms with Gasteiger partial charge in [-0.3, -0.25) is 0 Å². The number of hydrogen-bond acceptors (Lipinski definition) is 3. The molecule has 0 saturated heterocycles. The molecule has 0 aliphatic heterocycles. The van der Waals surface area contributed by atoms with Crippen molar-refractivity contribution in [1.29, 1.82) is 0 Å². The topological polar surface area (TPSA) is 38.0 Å². The van der Waals surface area contributed by atoms with Crippen LogP contribution in [0, 0.1) is 0 Å². The molecule has 0 radical (unpaired) electrons. The van der Waals surface area contributed by atoms with Gasteiger partial charge in [0.05, 0.1) is 11.6 Å². The Kier molecular flexibility index (Phi) is 4.23. The Balaban J connectivity index is 2.25. The number of nitrogens with two attached hydrogens (primary N) is 1. The van der Waals surface area contributed by atoms with Crippen molar-refractivity contribution >= 4 is 22.7 Å². The van der Waals surface area contributed by atoms with E-state index in [2.05, 4.69) is 5.32 Å². The molecular weight excluding hydrogens is 285 g/mol. The van der Waals surface area contributed by atoms with Gasteiger partial charge in [0.2, 0.25) is 0 Å². The highest BCUT2D eigenvalue weighted by molar-refractivity contribution is 7.10. The summed E-state index contributed by atoms with van der Waals surface area (Å²) in [5.41, 5.74) is 4.75. The second kappa shape index (κ2) is 5.75. The van der Waals surface area contributed by atoms with Gasteiger partial charge in [-0.05, 0) is 36.1 Å². The van der Waals surface area contributed by atoms with E-state index in [1.807, 2.05) is 24.4 Å². The van der Waals surface area contributed by atoms with Crippen LogP contribution in [-0.2, 0) is 6.18 Å². The third kappa shape index (κ3) is 3.25. The van der Waals surface area contributed by atoms with Gasteiger partial charge in [0.1, 0.15) is 0 Å². The minimum Gasteiger partial charge on any atom is -0.398 e. The smallest absolute Gasteiger partial charge is 0.398 e. The first kappa shape index (κ1) is 14.7. The summed E-state index contributed by atoms with van der Waals surface area (Å²) in [5.74, 6) is 0. The van der Waals surface area contributed by atoms with Crippen LogP contribution >= 0.6 is 11.3 Å². The van der Waals surface area contributed by atoms with Crippen molar-refractivity contribution in [2.75, 3.05) is 11.1 Å². The van der Waals surface area contributed by atoms with E-state index in [0.717, 1.165) is 17.4 Å². The van der Waals surface area contributed by atoms with E-state index in [1.54, 1.807) is 17.4 Å². The van der Waals surface area contributed by atoms with Gasteiger partial charge in [-0.2, -0.15) is 13.2 Å². The lowest BCUT2D eigenvalue weighted by Gasteiger charge is -2.19. The molecule has 1 aromatic carbocycles. The van der Waals surface area contributed by atoms with Gasteiger partial charge >= 0.3 is 6.18 Å². The maximum Gasteiger partial charge on any atom is 0.418 e. The maximum absolute atomic E-state index is 12.8. The number of anilines is 2. The average Bonchev–Trinajstić information content (AvgIpc) is 2.90. The largest absolute Gasteiger partial charge is 0.418 e. The fourth-order valence-corrected chi connectivity index (χ4v) is 2.82. The van der Waals surface area contributed by atoms with Crippen LogP contribution in [0.1, 0.15) is 29.8 Å².